The number of Topliss-reactive ketones (excluding diaryl/α,β-unsaturated/α-hetero) is 1. The lowest BCUT2D eigenvalue weighted by Crippen LogP contribution is -2.53. The predicted octanol–water partition coefficient (Wildman–Crippen LogP) is 2.03. The third kappa shape index (κ3) is 0.448. The van der Waals surface area contributed by atoms with Gasteiger partial charge in [0.1, 0.15) is 5.78 Å². The highest BCUT2D eigenvalue weighted by atomic mass is 16.1. The van der Waals surface area contributed by atoms with E-state index in [1.54, 1.807) is 0 Å². The van der Waals surface area contributed by atoms with Crippen LogP contribution in [-0.2, 0) is 4.79 Å². The molecule has 0 aromatic rings. The first-order valence-electron chi connectivity index (χ1n) is 10.4. The Labute approximate surface area is 129 Å². The minimum Gasteiger partial charge on any atom is -0.299 e. The maximum atomic E-state index is 13.5. The van der Waals surface area contributed by atoms with Crippen LogP contribution in [0.2, 0.25) is 0 Å². The lowest BCUT2D eigenvalue weighted by Gasteiger charge is -2.49. The largest absolute Gasteiger partial charge is 0.299 e. The summed E-state index contributed by atoms with van der Waals surface area (Å²) in [6.45, 7) is 0. The van der Waals surface area contributed by atoms with Gasteiger partial charge in [0.2, 0.25) is 0 Å². The van der Waals surface area contributed by atoms with Crippen molar-refractivity contribution in [3.63, 3.8) is 0 Å². The van der Waals surface area contributed by atoms with Crippen LogP contribution < -0.4 is 0 Å². The van der Waals surface area contributed by atoms with Crippen molar-refractivity contribution in [1.29, 1.82) is 0 Å². The van der Waals surface area contributed by atoms with E-state index in [4.69, 9.17) is 0 Å². The quantitative estimate of drug-likeness (QED) is 0.666. The Hall–Kier alpha value is -0.330. The summed E-state index contributed by atoms with van der Waals surface area (Å²) in [7, 11) is 0. The minimum absolute atomic E-state index is 0.620. The summed E-state index contributed by atoms with van der Waals surface area (Å²) in [6, 6.07) is 0. The van der Waals surface area contributed by atoms with Crippen molar-refractivity contribution < 1.29 is 4.79 Å². The van der Waals surface area contributed by atoms with Gasteiger partial charge in [-0.2, -0.15) is 0 Å². The van der Waals surface area contributed by atoms with Crippen LogP contribution >= 0.6 is 0 Å². The van der Waals surface area contributed by atoms with Crippen molar-refractivity contribution in [2.45, 2.75) is 0 Å². The van der Waals surface area contributed by atoms with Crippen molar-refractivity contribution in [3.8, 4) is 0 Å². The summed E-state index contributed by atoms with van der Waals surface area (Å²) >= 11 is 0. The highest BCUT2D eigenvalue weighted by molar-refractivity contribution is 5.89. The van der Waals surface area contributed by atoms with Crippen LogP contribution in [0.25, 0.3) is 0 Å². The summed E-state index contributed by atoms with van der Waals surface area (Å²) in [6.07, 6.45) is 0. The summed E-state index contributed by atoms with van der Waals surface area (Å²) < 4.78 is 0. The third-order valence-electron chi connectivity index (χ3n) is 13.4. The molecule has 22 heavy (non-hydrogen) atoms. The van der Waals surface area contributed by atoms with Gasteiger partial charge in [0, 0.05) is 11.8 Å². The molecule has 12 aliphatic rings. The molecule has 2 bridgehead atoms. The van der Waals surface area contributed by atoms with Crippen molar-refractivity contribution >= 4 is 5.78 Å². The summed E-state index contributed by atoms with van der Waals surface area (Å²) in [5.74, 6) is 21.8. The van der Waals surface area contributed by atoms with Crippen LogP contribution in [0.1, 0.15) is 0 Å². The van der Waals surface area contributed by atoms with Gasteiger partial charge in [-0.3, -0.25) is 4.79 Å². The number of hydrogen-bond donors (Lipinski definition) is 0. The number of ketones is 1. The number of rotatable bonds is 0. The topological polar surface area (TPSA) is 17.1 Å². The summed E-state index contributed by atoms with van der Waals surface area (Å²) in [5.41, 5.74) is 0. The molecule has 1 heteroatoms. The monoisotopic (exact) mass is 288 g/mol. The van der Waals surface area contributed by atoms with E-state index in [-0.39, 0.29) is 0 Å². The average molecular weight is 288 g/mol. The highest BCUT2D eigenvalue weighted by Crippen LogP contribution is 2.99. The molecule has 0 amide bonds. The smallest absolute Gasteiger partial charge is 0.140 e. The van der Waals surface area contributed by atoms with E-state index in [0.29, 0.717) is 11.8 Å². The maximum absolute atomic E-state index is 13.5. The first-order chi connectivity index (χ1) is 10.9. The third-order valence-corrected chi connectivity index (χ3v) is 13.4. The van der Waals surface area contributed by atoms with E-state index in [1.807, 2.05) is 0 Å². The molecular formula is C21H20O. The van der Waals surface area contributed by atoms with E-state index in [0.717, 1.165) is 100 Å². The molecule has 12 aliphatic carbocycles. The van der Waals surface area contributed by atoms with Gasteiger partial charge < -0.3 is 0 Å². The summed E-state index contributed by atoms with van der Waals surface area (Å²) in [5, 5.41) is 0. The molecule has 12 fully saturated rings. The predicted molar refractivity (Wildman–Crippen MR) is 74.8 cm³/mol. The van der Waals surface area contributed by atoms with Crippen molar-refractivity contribution in [1.82, 2.24) is 0 Å². The van der Waals surface area contributed by atoms with Gasteiger partial charge in [-0.15, -0.1) is 0 Å². The molecule has 110 valence electrons. The van der Waals surface area contributed by atoms with Crippen LogP contribution in [0.5, 0.6) is 0 Å². The fraction of sp³-hybridized carbons (Fsp3) is 0.952. The van der Waals surface area contributed by atoms with Gasteiger partial charge >= 0.3 is 0 Å². The lowest BCUT2D eigenvalue weighted by molar-refractivity contribution is -0.147. The molecule has 0 spiro atoms. The maximum Gasteiger partial charge on any atom is 0.140 e. The van der Waals surface area contributed by atoms with Gasteiger partial charge in [-0.05, 0) is 107 Å². The number of carbonyl (C=O) groups excluding carboxylic acids is 1. The zero-order valence-corrected chi connectivity index (χ0v) is 12.5. The zero-order chi connectivity index (χ0) is 13.1. The molecule has 0 radical (unpaired) electrons. The van der Waals surface area contributed by atoms with Crippen LogP contribution in [0.4, 0.5) is 0 Å². The van der Waals surface area contributed by atoms with Gasteiger partial charge in [0.15, 0.2) is 0 Å². The fourth-order valence-corrected chi connectivity index (χ4v) is 15.2. The number of carbonyl (C=O) groups is 1. The van der Waals surface area contributed by atoms with Crippen LogP contribution in [0.3, 0.4) is 0 Å². The van der Waals surface area contributed by atoms with E-state index in [1.165, 1.54) is 11.8 Å². The van der Waals surface area contributed by atoms with Crippen LogP contribution in [0, 0.1) is 118 Å². The van der Waals surface area contributed by atoms with E-state index < -0.39 is 0 Å². The van der Waals surface area contributed by atoms with Crippen molar-refractivity contribution in [3.05, 3.63) is 0 Å². The second-order valence-corrected chi connectivity index (χ2v) is 11.8. The Kier molecular flexibility index (Phi) is 0.854. The van der Waals surface area contributed by atoms with E-state index in [9.17, 15) is 4.79 Å². The Morgan fingerprint density at radius 3 is 0.773 bits per heavy atom. The zero-order valence-electron chi connectivity index (χ0n) is 12.5. The van der Waals surface area contributed by atoms with E-state index in [2.05, 4.69) is 0 Å². The van der Waals surface area contributed by atoms with Crippen LogP contribution in [0.15, 0.2) is 0 Å². The SMILES string of the molecule is O=C1C2C3C4C5C1C1C6C2C2C3C3C4C4C5C1C1C6C2C3C41. The molecule has 0 aromatic carbocycles. The Morgan fingerprint density at radius 2 is 0.500 bits per heavy atom. The van der Waals surface area contributed by atoms with E-state index >= 15 is 0 Å². The minimum atomic E-state index is 0.620. The van der Waals surface area contributed by atoms with Gasteiger partial charge in [0.25, 0.3) is 0 Å². The number of hydrogen-bond acceptors (Lipinski definition) is 1. The molecule has 1 nitrogen and oxygen atoms in total. The molecule has 0 aromatic heterocycles. The second-order valence-electron chi connectivity index (χ2n) is 11.8. The normalized spacial score (nSPS) is 99.9. The second kappa shape index (κ2) is 2.04. The molecule has 0 heterocycles. The van der Waals surface area contributed by atoms with Crippen molar-refractivity contribution in [2.24, 2.45) is 118 Å². The standard InChI is InChI=1S/C21H20O/c22-21-19-15-9-3-1-2-5-7(3)13(15)17-11(5)12-6(2)8-4(1)10(9)16(19)14(8)18(12)20(17)21/h1-20H. The molecule has 12 saturated carbocycles. The fourth-order valence-electron chi connectivity index (χ4n) is 15.2. The van der Waals surface area contributed by atoms with Gasteiger partial charge in [-0.25, -0.2) is 0 Å². The molecule has 12 rings (SSSR count). The summed E-state index contributed by atoms with van der Waals surface area (Å²) in [4.78, 5) is 13.5. The molecule has 12 unspecified atom stereocenters. The Bertz CT molecular complexity index is 684. The Morgan fingerprint density at radius 1 is 0.318 bits per heavy atom. The van der Waals surface area contributed by atoms with Gasteiger partial charge in [-0.1, -0.05) is 0 Å². The highest BCUT2D eigenvalue weighted by Gasteiger charge is 2.97. The Balaban J connectivity index is 1.47. The molecule has 0 saturated heterocycles. The molecule has 0 aliphatic heterocycles. The van der Waals surface area contributed by atoms with Crippen molar-refractivity contribution in [2.75, 3.05) is 0 Å². The average Bonchev–Trinajstić information content (AvgIpc) is 3.20. The van der Waals surface area contributed by atoms with Crippen LogP contribution in [-0.4, -0.2) is 5.78 Å². The first kappa shape index (κ1) is 9.23. The molecule has 12 atom stereocenters. The first-order valence-corrected chi connectivity index (χ1v) is 10.4. The van der Waals surface area contributed by atoms with Gasteiger partial charge in [0.05, 0.1) is 0 Å². The lowest BCUT2D eigenvalue weighted by atomic mass is 9.53. The molecule has 0 N–H and O–H groups in total. The molecular weight excluding hydrogens is 268 g/mol.